The molecule has 4 nitrogen and oxygen atoms in total. The van der Waals surface area contributed by atoms with Crippen LogP contribution < -0.4 is 0 Å². The van der Waals surface area contributed by atoms with E-state index in [0.29, 0.717) is 6.42 Å². The Morgan fingerprint density at radius 2 is 1.85 bits per heavy atom. The summed E-state index contributed by atoms with van der Waals surface area (Å²) >= 11 is 5.80. The summed E-state index contributed by atoms with van der Waals surface area (Å²) in [6, 6.07) is 7.69. The van der Waals surface area contributed by atoms with Gasteiger partial charge in [0, 0.05) is 11.9 Å². The van der Waals surface area contributed by atoms with E-state index >= 15 is 0 Å². The second-order valence-electron chi connectivity index (χ2n) is 4.66. The van der Waals surface area contributed by atoms with Gasteiger partial charge in [0.15, 0.2) is 6.10 Å². The topological polar surface area (TPSA) is 63.6 Å². The number of carbonyl (C=O) groups is 2. The largest absolute Gasteiger partial charge is 0.479 e. The maximum Gasteiger partial charge on any atom is 0.345 e. The molecule has 1 aromatic rings. The number of carbonyl (C=O) groups excluding carboxylic acids is 1. The maximum atomic E-state index is 10.9. The number of unbranched alkanes of at least 4 members (excludes halogenated alkanes) is 2. The SMILES string of the molecule is CC(=O)OC(CCCCCc1ccc(Cl)cc1)C(=O)O. The van der Waals surface area contributed by atoms with E-state index in [1.807, 2.05) is 24.3 Å². The Kier molecular flexibility index (Phi) is 7.09. The number of ether oxygens (including phenoxy) is 1. The molecule has 0 radical (unpaired) electrons. The van der Waals surface area contributed by atoms with Crippen molar-refractivity contribution in [1.82, 2.24) is 0 Å². The number of esters is 1. The number of halogens is 1. The van der Waals surface area contributed by atoms with E-state index in [4.69, 9.17) is 21.4 Å². The summed E-state index contributed by atoms with van der Waals surface area (Å²) in [4.78, 5) is 21.6. The summed E-state index contributed by atoms with van der Waals surface area (Å²) in [6.45, 7) is 1.22. The molecule has 0 aliphatic heterocycles. The highest BCUT2D eigenvalue weighted by atomic mass is 35.5. The molecule has 110 valence electrons. The molecule has 1 atom stereocenters. The normalized spacial score (nSPS) is 11.9. The van der Waals surface area contributed by atoms with Gasteiger partial charge in [0.1, 0.15) is 0 Å². The highest BCUT2D eigenvalue weighted by Crippen LogP contribution is 2.13. The third kappa shape index (κ3) is 6.57. The molecule has 0 heterocycles. The molecule has 0 saturated carbocycles. The van der Waals surface area contributed by atoms with Crippen molar-refractivity contribution in [3.63, 3.8) is 0 Å². The van der Waals surface area contributed by atoms with E-state index in [0.717, 1.165) is 30.7 Å². The molecule has 1 unspecified atom stereocenters. The number of rotatable bonds is 8. The molecule has 0 fully saturated rings. The number of carboxylic acid groups (broad SMARTS) is 1. The van der Waals surface area contributed by atoms with Crippen LogP contribution in [0, 0.1) is 0 Å². The zero-order valence-corrected chi connectivity index (χ0v) is 12.2. The highest BCUT2D eigenvalue weighted by Gasteiger charge is 2.19. The number of hydrogen-bond donors (Lipinski definition) is 1. The highest BCUT2D eigenvalue weighted by molar-refractivity contribution is 6.30. The number of carboxylic acids is 1. The smallest absolute Gasteiger partial charge is 0.345 e. The lowest BCUT2D eigenvalue weighted by Crippen LogP contribution is -2.25. The maximum absolute atomic E-state index is 10.9. The van der Waals surface area contributed by atoms with Gasteiger partial charge in [-0.15, -0.1) is 0 Å². The fourth-order valence-electron chi connectivity index (χ4n) is 1.92. The van der Waals surface area contributed by atoms with Crippen molar-refractivity contribution < 1.29 is 19.4 Å². The lowest BCUT2D eigenvalue weighted by atomic mass is 10.0. The van der Waals surface area contributed by atoms with Crippen molar-refractivity contribution >= 4 is 23.5 Å². The average molecular weight is 299 g/mol. The minimum absolute atomic E-state index is 0.357. The Morgan fingerprint density at radius 3 is 2.40 bits per heavy atom. The number of benzene rings is 1. The molecule has 0 aliphatic rings. The summed E-state index contributed by atoms with van der Waals surface area (Å²) in [6.07, 6.45) is 2.85. The van der Waals surface area contributed by atoms with Gasteiger partial charge in [-0.1, -0.05) is 30.2 Å². The van der Waals surface area contributed by atoms with E-state index in [1.165, 1.54) is 12.5 Å². The second-order valence-corrected chi connectivity index (χ2v) is 5.10. The van der Waals surface area contributed by atoms with Crippen molar-refractivity contribution in [1.29, 1.82) is 0 Å². The van der Waals surface area contributed by atoms with Crippen LogP contribution in [0.3, 0.4) is 0 Å². The summed E-state index contributed by atoms with van der Waals surface area (Å²) in [5, 5.41) is 9.61. The Hall–Kier alpha value is -1.55. The van der Waals surface area contributed by atoms with Gasteiger partial charge in [-0.25, -0.2) is 4.79 Å². The van der Waals surface area contributed by atoms with Gasteiger partial charge in [-0.3, -0.25) is 4.79 Å². The third-order valence-electron chi connectivity index (χ3n) is 2.93. The third-order valence-corrected chi connectivity index (χ3v) is 3.18. The predicted octanol–water partition coefficient (Wildman–Crippen LogP) is 3.46. The van der Waals surface area contributed by atoms with Gasteiger partial charge in [0.05, 0.1) is 0 Å². The minimum Gasteiger partial charge on any atom is -0.479 e. The summed E-state index contributed by atoms with van der Waals surface area (Å²) < 4.78 is 4.74. The molecular formula is C15H19ClO4. The van der Waals surface area contributed by atoms with Crippen LogP contribution in [0.1, 0.15) is 38.2 Å². The zero-order chi connectivity index (χ0) is 15.0. The summed E-state index contributed by atoms with van der Waals surface area (Å²) in [7, 11) is 0. The number of aliphatic carboxylic acids is 1. The van der Waals surface area contributed by atoms with Crippen LogP contribution in [0.2, 0.25) is 5.02 Å². The monoisotopic (exact) mass is 298 g/mol. The van der Waals surface area contributed by atoms with Crippen molar-refractivity contribution in [3.8, 4) is 0 Å². The van der Waals surface area contributed by atoms with Crippen molar-refractivity contribution in [2.75, 3.05) is 0 Å². The Bertz CT molecular complexity index is 442. The molecule has 0 amide bonds. The fraction of sp³-hybridized carbons (Fsp3) is 0.467. The number of aryl methyl sites for hydroxylation is 1. The van der Waals surface area contributed by atoms with E-state index in [-0.39, 0.29) is 0 Å². The van der Waals surface area contributed by atoms with Crippen LogP contribution in [0.5, 0.6) is 0 Å². The summed E-state index contributed by atoms with van der Waals surface area (Å²) in [5.41, 5.74) is 1.21. The molecule has 1 aromatic carbocycles. The molecule has 1 N–H and O–H groups in total. The molecule has 0 bridgehead atoms. The van der Waals surface area contributed by atoms with Gasteiger partial charge < -0.3 is 9.84 Å². The van der Waals surface area contributed by atoms with E-state index in [9.17, 15) is 9.59 Å². The van der Waals surface area contributed by atoms with Gasteiger partial charge in [-0.2, -0.15) is 0 Å². The standard InChI is InChI=1S/C15H19ClO4/c1-11(17)20-14(15(18)19)6-4-2-3-5-12-7-9-13(16)10-8-12/h7-10,14H,2-6H2,1H3,(H,18,19). The van der Waals surface area contributed by atoms with Gasteiger partial charge in [0.25, 0.3) is 0 Å². The quantitative estimate of drug-likeness (QED) is 0.589. The van der Waals surface area contributed by atoms with Gasteiger partial charge in [0.2, 0.25) is 0 Å². The predicted molar refractivity (Wildman–Crippen MR) is 76.8 cm³/mol. The molecule has 0 saturated heterocycles. The van der Waals surface area contributed by atoms with E-state index in [1.54, 1.807) is 0 Å². The van der Waals surface area contributed by atoms with Crippen LogP contribution in [-0.4, -0.2) is 23.1 Å². The first kappa shape index (κ1) is 16.5. The summed E-state index contributed by atoms with van der Waals surface area (Å²) in [5.74, 6) is -1.64. The van der Waals surface area contributed by atoms with Crippen LogP contribution >= 0.6 is 11.6 Å². The molecule has 0 aromatic heterocycles. The molecule has 5 heteroatoms. The van der Waals surface area contributed by atoms with Crippen LogP contribution in [-0.2, 0) is 20.7 Å². The first-order valence-electron chi connectivity index (χ1n) is 6.63. The first-order chi connectivity index (χ1) is 9.49. The van der Waals surface area contributed by atoms with Crippen molar-refractivity contribution in [2.45, 2.75) is 45.1 Å². The lowest BCUT2D eigenvalue weighted by molar-refractivity contribution is -0.163. The van der Waals surface area contributed by atoms with Gasteiger partial charge in [-0.05, 0) is 43.4 Å². The van der Waals surface area contributed by atoms with E-state index < -0.39 is 18.0 Å². The van der Waals surface area contributed by atoms with Crippen LogP contribution in [0.15, 0.2) is 24.3 Å². The van der Waals surface area contributed by atoms with Gasteiger partial charge >= 0.3 is 11.9 Å². The molecule has 0 spiro atoms. The van der Waals surface area contributed by atoms with Crippen LogP contribution in [0.25, 0.3) is 0 Å². The van der Waals surface area contributed by atoms with Crippen molar-refractivity contribution in [2.24, 2.45) is 0 Å². The number of hydrogen-bond acceptors (Lipinski definition) is 3. The van der Waals surface area contributed by atoms with E-state index in [2.05, 4.69) is 0 Å². The molecule has 1 rings (SSSR count). The Labute approximate surface area is 123 Å². The Morgan fingerprint density at radius 1 is 1.20 bits per heavy atom. The first-order valence-corrected chi connectivity index (χ1v) is 7.01. The second kappa shape index (κ2) is 8.59. The molecular weight excluding hydrogens is 280 g/mol. The molecule has 0 aliphatic carbocycles. The average Bonchev–Trinajstić information content (AvgIpc) is 2.38. The minimum atomic E-state index is -1.09. The fourth-order valence-corrected chi connectivity index (χ4v) is 2.05. The van der Waals surface area contributed by atoms with Crippen LogP contribution in [0.4, 0.5) is 0 Å². The Balaban J connectivity index is 2.21. The molecule has 20 heavy (non-hydrogen) atoms. The zero-order valence-electron chi connectivity index (χ0n) is 11.5. The lowest BCUT2D eigenvalue weighted by Gasteiger charge is -2.12. The van der Waals surface area contributed by atoms with Crippen molar-refractivity contribution in [3.05, 3.63) is 34.9 Å².